The lowest BCUT2D eigenvalue weighted by Crippen LogP contribution is -2.41. The molecule has 0 atom stereocenters. The van der Waals surface area contributed by atoms with Crippen molar-refractivity contribution in [3.05, 3.63) is 17.7 Å². The van der Waals surface area contributed by atoms with Crippen LogP contribution in [-0.2, 0) is 15.7 Å². The van der Waals surface area contributed by atoms with Gasteiger partial charge in [0.15, 0.2) is 0 Å². The van der Waals surface area contributed by atoms with Crippen LogP contribution in [-0.4, -0.2) is 29.8 Å². The molecule has 0 amide bonds. The number of aryl methyl sites for hydroxylation is 1. The second-order valence-electron chi connectivity index (χ2n) is 6.36. The molecule has 2 aliphatic rings. The Morgan fingerprint density at radius 1 is 1.16 bits per heavy atom. The Balaban J connectivity index is 1.88. The van der Waals surface area contributed by atoms with Crippen molar-refractivity contribution in [3.63, 3.8) is 0 Å². The standard InChI is InChI=1S/C14H21BN2O2/c1-13(2)14(3,4)19-15(18-13)11-8-7-10-6-5-9-16-12(10)17-11/h7-8H,5-6,9H2,1-4H3,(H,16,17). The smallest absolute Gasteiger partial charge is 0.398 e. The van der Waals surface area contributed by atoms with Crippen LogP contribution < -0.4 is 10.9 Å². The minimum Gasteiger partial charge on any atom is -0.398 e. The van der Waals surface area contributed by atoms with Crippen molar-refractivity contribution in [1.29, 1.82) is 0 Å². The van der Waals surface area contributed by atoms with Crippen molar-refractivity contribution in [2.75, 3.05) is 11.9 Å². The van der Waals surface area contributed by atoms with Crippen LogP contribution in [0.5, 0.6) is 0 Å². The van der Waals surface area contributed by atoms with E-state index in [0.717, 1.165) is 24.4 Å². The summed E-state index contributed by atoms with van der Waals surface area (Å²) in [6.45, 7) is 9.23. The molecule has 3 rings (SSSR count). The molecule has 3 heterocycles. The SMILES string of the molecule is CC1(C)OB(c2ccc3c(n2)NCCC3)OC1(C)C. The van der Waals surface area contributed by atoms with E-state index in [1.807, 2.05) is 6.07 Å². The van der Waals surface area contributed by atoms with E-state index >= 15 is 0 Å². The van der Waals surface area contributed by atoms with Gasteiger partial charge in [-0.3, -0.25) is 0 Å². The third kappa shape index (κ3) is 2.15. The monoisotopic (exact) mass is 260 g/mol. The van der Waals surface area contributed by atoms with Gasteiger partial charge in [0, 0.05) is 6.54 Å². The summed E-state index contributed by atoms with van der Waals surface area (Å²) in [6.07, 6.45) is 2.27. The van der Waals surface area contributed by atoms with Crippen molar-refractivity contribution in [2.24, 2.45) is 0 Å². The maximum Gasteiger partial charge on any atom is 0.514 e. The molecule has 1 fully saturated rings. The van der Waals surface area contributed by atoms with E-state index < -0.39 is 0 Å². The molecule has 0 aliphatic carbocycles. The Morgan fingerprint density at radius 3 is 2.53 bits per heavy atom. The number of nitrogens with one attached hydrogen (secondary N) is 1. The minimum absolute atomic E-state index is 0.317. The number of hydrogen-bond acceptors (Lipinski definition) is 4. The predicted octanol–water partition coefficient (Wildman–Crippen LogP) is 1.74. The van der Waals surface area contributed by atoms with Gasteiger partial charge in [-0.1, -0.05) is 6.07 Å². The molecule has 0 saturated carbocycles. The Labute approximate surface area is 115 Å². The van der Waals surface area contributed by atoms with Crippen molar-refractivity contribution < 1.29 is 9.31 Å². The number of aromatic nitrogens is 1. The Bertz CT molecular complexity index is 486. The third-order valence-electron chi connectivity index (χ3n) is 4.41. The number of anilines is 1. The van der Waals surface area contributed by atoms with Crippen molar-refractivity contribution in [2.45, 2.75) is 51.7 Å². The van der Waals surface area contributed by atoms with Crippen LogP contribution in [0.25, 0.3) is 0 Å². The molecule has 1 saturated heterocycles. The van der Waals surface area contributed by atoms with Gasteiger partial charge in [0.05, 0.1) is 16.8 Å². The molecule has 4 nitrogen and oxygen atoms in total. The first-order chi connectivity index (χ1) is 8.89. The quantitative estimate of drug-likeness (QED) is 0.781. The van der Waals surface area contributed by atoms with E-state index in [-0.39, 0.29) is 18.3 Å². The van der Waals surface area contributed by atoms with Crippen LogP contribution in [0.2, 0.25) is 0 Å². The van der Waals surface area contributed by atoms with E-state index in [2.05, 4.69) is 44.1 Å². The van der Waals surface area contributed by atoms with Crippen LogP contribution in [0.3, 0.4) is 0 Å². The summed E-state index contributed by atoms with van der Waals surface area (Å²) in [5, 5.41) is 3.35. The van der Waals surface area contributed by atoms with Gasteiger partial charge < -0.3 is 14.6 Å². The molecule has 0 radical (unpaired) electrons. The molecule has 0 spiro atoms. The second-order valence-corrected chi connectivity index (χ2v) is 6.36. The first-order valence-electron chi connectivity index (χ1n) is 6.98. The van der Waals surface area contributed by atoms with Gasteiger partial charge in [-0.2, -0.15) is 0 Å². The highest BCUT2D eigenvalue weighted by atomic mass is 16.7. The van der Waals surface area contributed by atoms with Crippen LogP contribution in [0.4, 0.5) is 5.82 Å². The molecule has 1 aromatic rings. The molecule has 1 aromatic heterocycles. The number of pyridine rings is 1. The maximum atomic E-state index is 6.03. The third-order valence-corrected chi connectivity index (χ3v) is 4.41. The number of hydrogen-bond donors (Lipinski definition) is 1. The summed E-state index contributed by atoms with van der Waals surface area (Å²) < 4.78 is 12.1. The highest BCUT2D eigenvalue weighted by Crippen LogP contribution is 2.36. The molecular formula is C14H21BN2O2. The van der Waals surface area contributed by atoms with Gasteiger partial charge in [0.2, 0.25) is 0 Å². The average Bonchev–Trinajstić information content (AvgIpc) is 2.58. The Kier molecular flexibility index (Phi) is 2.87. The zero-order valence-corrected chi connectivity index (χ0v) is 12.1. The topological polar surface area (TPSA) is 43.4 Å². The van der Waals surface area contributed by atoms with Gasteiger partial charge in [0.25, 0.3) is 0 Å². The summed E-state index contributed by atoms with van der Waals surface area (Å²) in [6, 6.07) is 4.16. The molecule has 1 N–H and O–H groups in total. The average molecular weight is 260 g/mol. The zero-order chi connectivity index (χ0) is 13.7. The number of nitrogens with zero attached hydrogens (tertiary/aromatic N) is 1. The Hall–Kier alpha value is -1.07. The van der Waals surface area contributed by atoms with Crippen molar-refractivity contribution >= 4 is 18.5 Å². The van der Waals surface area contributed by atoms with Gasteiger partial charge in [-0.25, -0.2) is 4.98 Å². The van der Waals surface area contributed by atoms with Crippen LogP contribution in [0, 0.1) is 0 Å². The van der Waals surface area contributed by atoms with Crippen LogP contribution in [0.1, 0.15) is 39.7 Å². The summed E-state index contributed by atoms with van der Waals surface area (Å²) in [7, 11) is -0.376. The summed E-state index contributed by atoms with van der Waals surface area (Å²) in [5.41, 5.74) is 1.50. The van der Waals surface area contributed by atoms with E-state index in [1.54, 1.807) is 0 Å². The largest absolute Gasteiger partial charge is 0.514 e. The highest BCUT2D eigenvalue weighted by molar-refractivity contribution is 6.61. The van der Waals surface area contributed by atoms with E-state index in [1.165, 1.54) is 12.0 Å². The molecule has 0 aromatic carbocycles. The Morgan fingerprint density at radius 2 is 1.84 bits per heavy atom. The first kappa shape index (κ1) is 12.9. The van der Waals surface area contributed by atoms with Crippen LogP contribution >= 0.6 is 0 Å². The van der Waals surface area contributed by atoms with E-state index in [4.69, 9.17) is 9.31 Å². The lowest BCUT2D eigenvalue weighted by Gasteiger charge is -2.32. The van der Waals surface area contributed by atoms with Gasteiger partial charge in [0.1, 0.15) is 5.82 Å². The van der Waals surface area contributed by atoms with Gasteiger partial charge in [-0.05, 0) is 52.2 Å². The lowest BCUT2D eigenvalue weighted by molar-refractivity contribution is 0.00578. The molecule has 102 valence electrons. The van der Waals surface area contributed by atoms with Crippen molar-refractivity contribution in [1.82, 2.24) is 4.98 Å². The number of fused-ring (bicyclic) bond motifs is 1. The zero-order valence-electron chi connectivity index (χ0n) is 12.1. The molecular weight excluding hydrogens is 239 g/mol. The normalized spacial score (nSPS) is 23.9. The van der Waals surface area contributed by atoms with Gasteiger partial charge >= 0.3 is 7.12 Å². The summed E-state index contributed by atoms with van der Waals surface area (Å²) in [4.78, 5) is 4.67. The highest BCUT2D eigenvalue weighted by Gasteiger charge is 2.52. The van der Waals surface area contributed by atoms with E-state index in [0.29, 0.717) is 0 Å². The molecule has 2 aliphatic heterocycles. The summed E-state index contributed by atoms with van der Waals surface area (Å²) >= 11 is 0. The first-order valence-corrected chi connectivity index (χ1v) is 6.98. The fourth-order valence-electron chi connectivity index (χ4n) is 2.44. The predicted molar refractivity (Wildman–Crippen MR) is 76.8 cm³/mol. The maximum absolute atomic E-state index is 6.03. The van der Waals surface area contributed by atoms with Crippen molar-refractivity contribution in [3.8, 4) is 0 Å². The molecule has 19 heavy (non-hydrogen) atoms. The molecule has 5 heteroatoms. The van der Waals surface area contributed by atoms with E-state index in [9.17, 15) is 0 Å². The second kappa shape index (κ2) is 4.22. The van der Waals surface area contributed by atoms with Gasteiger partial charge in [-0.15, -0.1) is 0 Å². The minimum atomic E-state index is -0.376. The lowest BCUT2D eigenvalue weighted by atomic mass is 9.83. The van der Waals surface area contributed by atoms with Crippen LogP contribution in [0.15, 0.2) is 12.1 Å². The number of rotatable bonds is 1. The fraction of sp³-hybridized carbons (Fsp3) is 0.643. The molecule has 0 unspecified atom stereocenters. The fourth-order valence-corrected chi connectivity index (χ4v) is 2.44. The molecule has 0 bridgehead atoms. The summed E-state index contributed by atoms with van der Waals surface area (Å²) in [5.74, 6) is 0.985.